The summed E-state index contributed by atoms with van der Waals surface area (Å²) in [5, 5.41) is 3.43. The molecule has 7 heteroatoms. The van der Waals surface area contributed by atoms with Crippen LogP contribution in [0, 0.1) is 20.8 Å². The highest BCUT2D eigenvalue weighted by Gasteiger charge is 2.34. The van der Waals surface area contributed by atoms with Gasteiger partial charge in [-0.2, -0.15) is 0 Å². The Hall–Kier alpha value is -4.62. The van der Waals surface area contributed by atoms with Gasteiger partial charge < -0.3 is 10.1 Å². The van der Waals surface area contributed by atoms with E-state index in [0.29, 0.717) is 15.8 Å². The molecule has 1 fully saturated rings. The lowest BCUT2D eigenvalue weighted by Gasteiger charge is -2.16. The Labute approximate surface area is 238 Å². The highest BCUT2D eigenvalue weighted by molar-refractivity contribution is 8.19. The van der Waals surface area contributed by atoms with E-state index < -0.39 is 0 Å². The normalized spacial score (nSPS) is 15.1. The fourth-order valence-corrected chi connectivity index (χ4v) is 5.12. The Balaban J connectivity index is 1.35. The first-order chi connectivity index (χ1) is 19.3. The maximum Gasteiger partial charge on any atom is 0.271 e. The van der Waals surface area contributed by atoms with Crippen LogP contribution in [0.5, 0.6) is 5.75 Å². The zero-order valence-electron chi connectivity index (χ0n) is 22.5. The quantitative estimate of drug-likeness (QED) is 0.244. The van der Waals surface area contributed by atoms with Crippen LogP contribution < -0.4 is 15.0 Å². The van der Waals surface area contributed by atoms with Gasteiger partial charge in [0.2, 0.25) is 0 Å². The maximum atomic E-state index is 13.6. The number of hydrogen-bond donors (Lipinski definition) is 1. The van der Waals surface area contributed by atoms with Gasteiger partial charge >= 0.3 is 0 Å². The van der Waals surface area contributed by atoms with Crippen LogP contribution in [0.15, 0.2) is 107 Å². The van der Waals surface area contributed by atoms with Gasteiger partial charge in [-0.25, -0.2) is 4.99 Å². The van der Waals surface area contributed by atoms with Gasteiger partial charge in [-0.3, -0.25) is 14.5 Å². The molecule has 1 aliphatic rings. The van der Waals surface area contributed by atoms with Gasteiger partial charge in [0.1, 0.15) is 5.75 Å². The molecule has 4 aromatic rings. The number of amides is 2. The summed E-state index contributed by atoms with van der Waals surface area (Å²) in [4.78, 5) is 33.0. The van der Waals surface area contributed by atoms with Crippen molar-refractivity contribution < 1.29 is 14.3 Å². The summed E-state index contributed by atoms with van der Waals surface area (Å²) in [5.74, 6) is 0.137. The molecule has 5 rings (SSSR count). The first-order valence-electron chi connectivity index (χ1n) is 12.9. The summed E-state index contributed by atoms with van der Waals surface area (Å²) < 4.78 is 5.75. The average Bonchev–Trinajstić information content (AvgIpc) is 3.23. The van der Waals surface area contributed by atoms with E-state index in [9.17, 15) is 9.59 Å². The molecule has 0 unspecified atom stereocenters. The lowest BCUT2D eigenvalue weighted by Crippen LogP contribution is -2.28. The molecule has 0 bridgehead atoms. The van der Waals surface area contributed by atoms with Gasteiger partial charge in [-0.1, -0.05) is 59.7 Å². The number of nitrogens with one attached hydrogen (secondary N) is 1. The number of aryl methyl sites for hydroxylation is 3. The molecule has 0 spiro atoms. The lowest BCUT2D eigenvalue weighted by molar-refractivity contribution is -0.118. The summed E-state index contributed by atoms with van der Waals surface area (Å²) in [5.41, 5.74) is 6.36. The van der Waals surface area contributed by atoms with Crippen LogP contribution in [0.3, 0.4) is 0 Å². The van der Waals surface area contributed by atoms with Crippen molar-refractivity contribution in [3.05, 3.63) is 124 Å². The van der Waals surface area contributed by atoms with E-state index in [1.807, 2.05) is 118 Å². The number of benzene rings is 4. The second kappa shape index (κ2) is 12.1. The third-order valence-electron chi connectivity index (χ3n) is 6.18. The Morgan fingerprint density at radius 2 is 1.57 bits per heavy atom. The van der Waals surface area contributed by atoms with Gasteiger partial charge in [0.15, 0.2) is 11.8 Å². The van der Waals surface area contributed by atoms with Crippen LogP contribution in [0.1, 0.15) is 22.3 Å². The van der Waals surface area contributed by atoms with E-state index in [1.165, 1.54) is 11.8 Å². The monoisotopic (exact) mass is 547 g/mol. The number of nitrogens with zero attached hydrogens (tertiary/aromatic N) is 2. The van der Waals surface area contributed by atoms with Gasteiger partial charge in [-0.05, 0) is 98.3 Å². The Morgan fingerprint density at radius 3 is 2.30 bits per heavy atom. The summed E-state index contributed by atoms with van der Waals surface area (Å²) in [7, 11) is 0. The molecule has 1 heterocycles. The molecule has 6 nitrogen and oxygen atoms in total. The molecule has 2 amide bonds. The number of thioether (sulfide) groups is 1. The summed E-state index contributed by atoms with van der Waals surface area (Å²) in [6.45, 7) is 5.88. The fourth-order valence-electron chi connectivity index (χ4n) is 4.11. The van der Waals surface area contributed by atoms with Gasteiger partial charge in [0.25, 0.3) is 11.8 Å². The Bertz CT molecular complexity index is 1610. The van der Waals surface area contributed by atoms with E-state index in [-0.39, 0.29) is 18.4 Å². The van der Waals surface area contributed by atoms with Crippen molar-refractivity contribution in [2.75, 3.05) is 16.8 Å². The Kier molecular flexibility index (Phi) is 8.12. The predicted molar refractivity (Wildman–Crippen MR) is 164 cm³/mol. The summed E-state index contributed by atoms with van der Waals surface area (Å²) in [6.07, 6.45) is 1.82. The summed E-state index contributed by atoms with van der Waals surface area (Å²) >= 11 is 1.33. The standard InChI is InChI=1S/C33H29N3O3S/c1-22-10-14-26(15-11-22)35-33-36(28-16-12-23(2)13-17-28)32(38)30(40-33)20-25-7-5-9-29(19-25)39-21-31(37)34-27-8-4-6-24(3)18-27/h4-20H,21H2,1-3H3,(H,34,37)/b30-20-,35-33?. The molecule has 0 radical (unpaired) electrons. The number of rotatable bonds is 7. The third kappa shape index (κ3) is 6.68. The van der Waals surface area contributed by atoms with Crippen LogP contribution in [0.2, 0.25) is 0 Å². The molecule has 0 aliphatic carbocycles. The largest absolute Gasteiger partial charge is 0.484 e. The highest BCUT2D eigenvalue weighted by Crippen LogP contribution is 2.37. The SMILES string of the molecule is Cc1ccc(N=C2S/C(=C\c3cccc(OCC(=O)Nc4cccc(C)c4)c3)C(=O)N2c2ccc(C)cc2)cc1. The minimum Gasteiger partial charge on any atom is -0.484 e. The molecule has 1 aliphatic heterocycles. The van der Waals surface area contributed by atoms with Gasteiger partial charge in [-0.15, -0.1) is 0 Å². The number of aliphatic imine (C=N–C) groups is 1. The van der Waals surface area contributed by atoms with Crippen LogP contribution in [0.25, 0.3) is 6.08 Å². The first kappa shape index (κ1) is 27.0. The molecule has 1 saturated heterocycles. The van der Waals surface area contributed by atoms with Gasteiger partial charge in [0, 0.05) is 5.69 Å². The second-order valence-corrected chi connectivity index (χ2v) is 10.6. The van der Waals surface area contributed by atoms with E-state index in [2.05, 4.69) is 5.32 Å². The van der Waals surface area contributed by atoms with Gasteiger partial charge in [0.05, 0.1) is 16.3 Å². The molecule has 0 aromatic heterocycles. The smallest absolute Gasteiger partial charge is 0.271 e. The minimum atomic E-state index is -0.249. The number of carbonyl (C=O) groups is 2. The van der Waals surface area contributed by atoms with Crippen molar-refractivity contribution in [3.63, 3.8) is 0 Å². The van der Waals surface area contributed by atoms with E-state index in [1.54, 1.807) is 11.0 Å². The number of hydrogen-bond acceptors (Lipinski definition) is 5. The molecule has 1 N–H and O–H groups in total. The molecular formula is C33H29N3O3S. The fraction of sp³-hybridized carbons (Fsp3) is 0.121. The first-order valence-corrected chi connectivity index (χ1v) is 13.7. The molecule has 0 atom stereocenters. The van der Waals surface area contributed by atoms with Crippen LogP contribution in [-0.4, -0.2) is 23.6 Å². The molecule has 0 saturated carbocycles. The number of amidine groups is 1. The van der Waals surface area contributed by atoms with E-state index in [0.717, 1.165) is 39.3 Å². The minimum absolute atomic E-state index is 0.129. The van der Waals surface area contributed by atoms with Crippen molar-refractivity contribution in [2.24, 2.45) is 4.99 Å². The number of anilines is 2. The van der Waals surface area contributed by atoms with Crippen molar-refractivity contribution in [2.45, 2.75) is 20.8 Å². The highest BCUT2D eigenvalue weighted by atomic mass is 32.2. The Morgan fingerprint density at radius 1 is 0.875 bits per heavy atom. The van der Waals surface area contributed by atoms with Crippen molar-refractivity contribution in [1.82, 2.24) is 0 Å². The van der Waals surface area contributed by atoms with E-state index in [4.69, 9.17) is 9.73 Å². The molecule has 200 valence electrons. The third-order valence-corrected chi connectivity index (χ3v) is 7.15. The number of carbonyl (C=O) groups excluding carboxylic acids is 2. The second-order valence-electron chi connectivity index (χ2n) is 9.60. The topological polar surface area (TPSA) is 71.0 Å². The molecular weight excluding hydrogens is 518 g/mol. The zero-order chi connectivity index (χ0) is 28.1. The number of ether oxygens (including phenoxy) is 1. The molecule has 4 aromatic carbocycles. The zero-order valence-corrected chi connectivity index (χ0v) is 23.4. The van der Waals surface area contributed by atoms with Crippen molar-refractivity contribution in [3.8, 4) is 5.75 Å². The van der Waals surface area contributed by atoms with Crippen molar-refractivity contribution in [1.29, 1.82) is 0 Å². The lowest BCUT2D eigenvalue weighted by atomic mass is 10.2. The van der Waals surface area contributed by atoms with Crippen LogP contribution in [0.4, 0.5) is 17.1 Å². The predicted octanol–water partition coefficient (Wildman–Crippen LogP) is 7.44. The molecule has 40 heavy (non-hydrogen) atoms. The van der Waals surface area contributed by atoms with Crippen LogP contribution in [-0.2, 0) is 9.59 Å². The average molecular weight is 548 g/mol. The summed E-state index contributed by atoms with van der Waals surface area (Å²) in [6, 6.07) is 30.6. The van der Waals surface area contributed by atoms with Crippen molar-refractivity contribution >= 4 is 51.9 Å². The van der Waals surface area contributed by atoms with Crippen LogP contribution >= 0.6 is 11.8 Å². The maximum absolute atomic E-state index is 13.6. The van der Waals surface area contributed by atoms with E-state index >= 15 is 0 Å².